The van der Waals surface area contributed by atoms with Crippen LogP contribution in [0, 0.1) is 13.8 Å². The van der Waals surface area contributed by atoms with Crippen molar-refractivity contribution in [2.75, 3.05) is 13.2 Å². The molecule has 27 heavy (non-hydrogen) atoms. The Bertz CT molecular complexity index is 816. The standard InChI is InChI=1S/C22H26BrNO3/c1-4-27-20-8-7-17(23)13-18(20)21(16-11-14(2)10-15(3)12-16)24-9-5-6-19(24)22(25)26/h7-8,10-13,19,21H,4-6,9H2,1-3H3,(H,25,26). The Balaban J connectivity index is 2.19. The Hall–Kier alpha value is -1.85. The van der Waals surface area contributed by atoms with E-state index in [4.69, 9.17) is 4.74 Å². The second-order valence-corrected chi connectivity index (χ2v) is 8.09. The van der Waals surface area contributed by atoms with Crippen LogP contribution in [-0.2, 0) is 4.79 Å². The van der Waals surface area contributed by atoms with Crippen LogP contribution in [0.25, 0.3) is 0 Å². The summed E-state index contributed by atoms with van der Waals surface area (Å²) in [6, 6.07) is 11.8. The molecule has 1 N–H and O–H groups in total. The van der Waals surface area contributed by atoms with Crippen molar-refractivity contribution in [3.05, 3.63) is 63.1 Å². The summed E-state index contributed by atoms with van der Waals surface area (Å²) < 4.78 is 6.87. The Kier molecular flexibility index (Phi) is 6.22. The molecule has 5 heteroatoms. The summed E-state index contributed by atoms with van der Waals surface area (Å²) in [6.45, 7) is 7.45. The lowest BCUT2D eigenvalue weighted by molar-refractivity contribution is -0.142. The summed E-state index contributed by atoms with van der Waals surface area (Å²) >= 11 is 3.58. The maximum Gasteiger partial charge on any atom is 0.320 e. The normalized spacial score (nSPS) is 18.4. The number of hydrogen-bond donors (Lipinski definition) is 1. The molecule has 1 heterocycles. The number of ether oxygens (including phenoxy) is 1. The summed E-state index contributed by atoms with van der Waals surface area (Å²) in [6.07, 6.45) is 1.56. The largest absolute Gasteiger partial charge is 0.494 e. The highest BCUT2D eigenvalue weighted by molar-refractivity contribution is 9.10. The van der Waals surface area contributed by atoms with Gasteiger partial charge in [-0.05, 0) is 57.4 Å². The molecule has 0 spiro atoms. The molecule has 1 aliphatic heterocycles. The van der Waals surface area contributed by atoms with Crippen LogP contribution in [-0.4, -0.2) is 35.2 Å². The van der Waals surface area contributed by atoms with E-state index in [1.807, 2.05) is 19.1 Å². The summed E-state index contributed by atoms with van der Waals surface area (Å²) in [4.78, 5) is 14.0. The van der Waals surface area contributed by atoms with E-state index in [2.05, 4.69) is 58.9 Å². The fraction of sp³-hybridized carbons (Fsp3) is 0.409. The van der Waals surface area contributed by atoms with Gasteiger partial charge in [0.05, 0.1) is 12.6 Å². The molecule has 1 fully saturated rings. The third-order valence-electron chi connectivity index (χ3n) is 5.04. The van der Waals surface area contributed by atoms with E-state index in [0.717, 1.165) is 34.3 Å². The molecule has 0 aromatic heterocycles. The molecule has 2 aromatic carbocycles. The number of carboxylic acids is 1. The lowest BCUT2D eigenvalue weighted by Crippen LogP contribution is -2.39. The van der Waals surface area contributed by atoms with Gasteiger partial charge in [-0.1, -0.05) is 45.3 Å². The Morgan fingerprint density at radius 2 is 1.96 bits per heavy atom. The maximum absolute atomic E-state index is 11.9. The van der Waals surface area contributed by atoms with Gasteiger partial charge in [-0.15, -0.1) is 0 Å². The third kappa shape index (κ3) is 4.36. The predicted molar refractivity (Wildman–Crippen MR) is 110 cm³/mol. The molecule has 1 aliphatic rings. The van der Waals surface area contributed by atoms with E-state index in [1.54, 1.807) is 0 Å². The zero-order valence-electron chi connectivity index (χ0n) is 16.0. The van der Waals surface area contributed by atoms with Gasteiger partial charge in [0.2, 0.25) is 0 Å². The molecule has 2 atom stereocenters. The van der Waals surface area contributed by atoms with Crippen LogP contribution >= 0.6 is 15.9 Å². The average molecular weight is 432 g/mol. The summed E-state index contributed by atoms with van der Waals surface area (Å²) in [5.74, 6) is 0.0516. The molecule has 0 bridgehead atoms. The quantitative estimate of drug-likeness (QED) is 0.690. The number of rotatable bonds is 6. The zero-order valence-corrected chi connectivity index (χ0v) is 17.6. The summed E-state index contributed by atoms with van der Waals surface area (Å²) in [7, 11) is 0. The van der Waals surface area contributed by atoms with Gasteiger partial charge in [-0.2, -0.15) is 0 Å². The van der Waals surface area contributed by atoms with Gasteiger partial charge in [0.15, 0.2) is 0 Å². The molecule has 0 aliphatic carbocycles. The van der Waals surface area contributed by atoms with E-state index in [9.17, 15) is 9.90 Å². The Morgan fingerprint density at radius 3 is 2.59 bits per heavy atom. The van der Waals surface area contributed by atoms with Crippen molar-refractivity contribution in [3.63, 3.8) is 0 Å². The number of likely N-dealkylation sites (tertiary alicyclic amines) is 1. The van der Waals surface area contributed by atoms with Crippen molar-refractivity contribution in [2.45, 2.75) is 45.7 Å². The van der Waals surface area contributed by atoms with Crippen LogP contribution in [0.15, 0.2) is 40.9 Å². The molecule has 4 nitrogen and oxygen atoms in total. The lowest BCUT2D eigenvalue weighted by atomic mass is 9.93. The van der Waals surface area contributed by atoms with Gasteiger partial charge in [-0.3, -0.25) is 9.69 Å². The smallest absolute Gasteiger partial charge is 0.320 e. The van der Waals surface area contributed by atoms with E-state index < -0.39 is 12.0 Å². The minimum Gasteiger partial charge on any atom is -0.494 e. The van der Waals surface area contributed by atoms with Crippen molar-refractivity contribution in [1.82, 2.24) is 4.90 Å². The highest BCUT2D eigenvalue weighted by atomic mass is 79.9. The van der Waals surface area contributed by atoms with E-state index >= 15 is 0 Å². The van der Waals surface area contributed by atoms with Gasteiger partial charge in [0, 0.05) is 16.6 Å². The Labute approximate surface area is 169 Å². The number of hydrogen-bond acceptors (Lipinski definition) is 3. The first-order chi connectivity index (χ1) is 12.9. The number of halogens is 1. The van der Waals surface area contributed by atoms with Gasteiger partial charge in [0.25, 0.3) is 0 Å². The zero-order chi connectivity index (χ0) is 19.6. The fourth-order valence-corrected chi connectivity index (χ4v) is 4.48. The van der Waals surface area contributed by atoms with Crippen LogP contribution in [0.2, 0.25) is 0 Å². The monoisotopic (exact) mass is 431 g/mol. The van der Waals surface area contributed by atoms with Crippen LogP contribution in [0.1, 0.15) is 48.1 Å². The number of aliphatic carboxylic acids is 1. The number of nitrogens with zero attached hydrogens (tertiary/aromatic N) is 1. The van der Waals surface area contributed by atoms with Crippen LogP contribution < -0.4 is 4.74 Å². The summed E-state index contributed by atoms with van der Waals surface area (Å²) in [5, 5.41) is 9.78. The second kappa shape index (κ2) is 8.44. The molecule has 2 aromatic rings. The van der Waals surface area contributed by atoms with Crippen molar-refractivity contribution in [3.8, 4) is 5.75 Å². The SMILES string of the molecule is CCOc1ccc(Br)cc1C(c1cc(C)cc(C)c1)N1CCCC1C(=O)O. The van der Waals surface area contributed by atoms with Gasteiger partial charge in [-0.25, -0.2) is 0 Å². The van der Waals surface area contributed by atoms with Crippen LogP contribution in [0.5, 0.6) is 5.75 Å². The molecule has 3 rings (SSSR count). The van der Waals surface area contributed by atoms with Crippen LogP contribution in [0.4, 0.5) is 0 Å². The topological polar surface area (TPSA) is 49.8 Å². The second-order valence-electron chi connectivity index (χ2n) is 7.17. The van der Waals surface area contributed by atoms with Crippen molar-refractivity contribution in [2.24, 2.45) is 0 Å². The minimum atomic E-state index is -0.755. The van der Waals surface area contributed by atoms with Crippen molar-refractivity contribution in [1.29, 1.82) is 0 Å². The number of aryl methyl sites for hydroxylation is 2. The lowest BCUT2D eigenvalue weighted by Gasteiger charge is -2.33. The van der Waals surface area contributed by atoms with Gasteiger partial charge >= 0.3 is 5.97 Å². The van der Waals surface area contributed by atoms with E-state index in [-0.39, 0.29) is 6.04 Å². The predicted octanol–water partition coefficient (Wildman–Crippen LogP) is 5.10. The van der Waals surface area contributed by atoms with Gasteiger partial charge in [0.1, 0.15) is 11.8 Å². The molecular formula is C22H26BrNO3. The van der Waals surface area contributed by atoms with E-state index in [0.29, 0.717) is 13.0 Å². The highest BCUT2D eigenvalue weighted by Gasteiger charge is 2.38. The van der Waals surface area contributed by atoms with E-state index in [1.165, 1.54) is 11.1 Å². The first kappa shape index (κ1) is 19.9. The first-order valence-corrected chi connectivity index (χ1v) is 10.2. The van der Waals surface area contributed by atoms with Crippen LogP contribution in [0.3, 0.4) is 0 Å². The third-order valence-corrected chi connectivity index (χ3v) is 5.53. The maximum atomic E-state index is 11.9. The first-order valence-electron chi connectivity index (χ1n) is 9.39. The number of carboxylic acid groups (broad SMARTS) is 1. The Morgan fingerprint density at radius 1 is 1.26 bits per heavy atom. The molecule has 0 saturated carbocycles. The fourth-order valence-electron chi connectivity index (χ4n) is 4.10. The molecule has 144 valence electrons. The van der Waals surface area contributed by atoms with Crippen molar-refractivity contribution >= 4 is 21.9 Å². The number of benzene rings is 2. The van der Waals surface area contributed by atoms with Gasteiger partial charge < -0.3 is 9.84 Å². The highest BCUT2D eigenvalue weighted by Crippen LogP contribution is 2.40. The average Bonchev–Trinajstić information content (AvgIpc) is 3.06. The summed E-state index contributed by atoms with van der Waals surface area (Å²) in [5.41, 5.74) is 4.46. The number of carbonyl (C=O) groups is 1. The molecule has 2 unspecified atom stereocenters. The molecule has 1 saturated heterocycles. The van der Waals surface area contributed by atoms with Crippen molar-refractivity contribution < 1.29 is 14.6 Å². The molecule has 0 amide bonds. The molecular weight excluding hydrogens is 406 g/mol. The minimum absolute atomic E-state index is 0.161. The molecule has 0 radical (unpaired) electrons.